The number of aromatic nitrogens is 4. The van der Waals surface area contributed by atoms with Crippen molar-refractivity contribution in [3.8, 4) is 5.75 Å². The summed E-state index contributed by atoms with van der Waals surface area (Å²) in [5.41, 5.74) is 3.28. The zero-order valence-corrected chi connectivity index (χ0v) is 16.3. The Morgan fingerprint density at radius 3 is 2.89 bits per heavy atom. The van der Waals surface area contributed by atoms with Gasteiger partial charge in [0.05, 0.1) is 5.69 Å². The fourth-order valence-corrected chi connectivity index (χ4v) is 3.40. The summed E-state index contributed by atoms with van der Waals surface area (Å²) < 4.78 is 12.8. The van der Waals surface area contributed by atoms with E-state index in [0.29, 0.717) is 28.2 Å². The van der Waals surface area contributed by atoms with Gasteiger partial charge >= 0.3 is 0 Å². The first kappa shape index (κ1) is 18.2. The molecule has 1 aromatic carbocycles. The van der Waals surface area contributed by atoms with E-state index in [1.165, 1.54) is 22.2 Å². The first-order chi connectivity index (χ1) is 13.6. The predicted octanol–water partition coefficient (Wildman–Crippen LogP) is 3.57. The lowest BCUT2D eigenvalue weighted by Crippen LogP contribution is -2.15. The normalized spacial score (nSPS) is 11.1. The van der Waals surface area contributed by atoms with Crippen LogP contribution in [0.15, 0.2) is 63.1 Å². The molecule has 0 unspecified atom stereocenters. The largest absolute Gasteiger partial charge is 0.484 e. The van der Waals surface area contributed by atoms with Gasteiger partial charge in [-0.15, -0.1) is 10.2 Å². The summed E-state index contributed by atoms with van der Waals surface area (Å²) >= 11 is 1.34. The van der Waals surface area contributed by atoms with Crippen LogP contribution >= 0.6 is 11.8 Å². The Labute approximate surface area is 165 Å². The molecular weight excluding hydrogens is 376 g/mol. The molecule has 3 heterocycles. The zero-order valence-electron chi connectivity index (χ0n) is 15.5. The Kier molecular flexibility index (Phi) is 5.12. The molecule has 4 aromatic rings. The standard InChI is InChI=1S/C20H18N4O3S/c1-13-5-3-7-16(9-13)26-11-17-22-23-20(27-17)28-12-15-10-18(25)24-8-4-6-14(2)19(24)21-15/h3-10H,11-12H2,1-2H3. The molecule has 0 fully saturated rings. The van der Waals surface area contributed by atoms with Gasteiger partial charge in [-0.2, -0.15) is 0 Å². The lowest BCUT2D eigenvalue weighted by Gasteiger charge is -2.05. The molecule has 28 heavy (non-hydrogen) atoms. The van der Waals surface area contributed by atoms with Gasteiger partial charge in [0.1, 0.15) is 11.4 Å². The van der Waals surface area contributed by atoms with Gasteiger partial charge in [-0.05, 0) is 43.2 Å². The van der Waals surface area contributed by atoms with Gasteiger partial charge in [0.2, 0.25) is 0 Å². The zero-order chi connectivity index (χ0) is 19.5. The highest BCUT2D eigenvalue weighted by Gasteiger charge is 2.10. The van der Waals surface area contributed by atoms with Gasteiger partial charge in [-0.25, -0.2) is 4.98 Å². The van der Waals surface area contributed by atoms with Crippen molar-refractivity contribution >= 4 is 17.4 Å². The summed E-state index contributed by atoms with van der Waals surface area (Å²) in [6.07, 6.45) is 1.72. The van der Waals surface area contributed by atoms with E-state index in [-0.39, 0.29) is 12.2 Å². The van der Waals surface area contributed by atoms with Crippen molar-refractivity contribution in [1.82, 2.24) is 19.6 Å². The molecule has 0 N–H and O–H groups in total. The van der Waals surface area contributed by atoms with Gasteiger partial charge in [-0.3, -0.25) is 9.20 Å². The van der Waals surface area contributed by atoms with Crippen molar-refractivity contribution in [2.75, 3.05) is 0 Å². The number of hydrogen-bond acceptors (Lipinski definition) is 7. The van der Waals surface area contributed by atoms with Crippen molar-refractivity contribution in [1.29, 1.82) is 0 Å². The van der Waals surface area contributed by atoms with E-state index in [1.54, 1.807) is 6.20 Å². The maximum Gasteiger partial charge on any atom is 0.277 e. The van der Waals surface area contributed by atoms with Gasteiger partial charge in [0.25, 0.3) is 16.7 Å². The molecule has 0 atom stereocenters. The molecule has 0 amide bonds. The van der Waals surface area contributed by atoms with Gasteiger partial charge in [0.15, 0.2) is 6.61 Å². The van der Waals surface area contributed by atoms with E-state index < -0.39 is 0 Å². The summed E-state index contributed by atoms with van der Waals surface area (Å²) in [6, 6.07) is 13.0. The maximum absolute atomic E-state index is 12.3. The monoisotopic (exact) mass is 394 g/mol. The molecule has 0 spiro atoms. The summed E-state index contributed by atoms with van der Waals surface area (Å²) in [6.45, 7) is 4.13. The van der Waals surface area contributed by atoms with E-state index in [4.69, 9.17) is 9.15 Å². The van der Waals surface area contributed by atoms with Crippen molar-refractivity contribution in [3.63, 3.8) is 0 Å². The Balaban J connectivity index is 1.41. The average Bonchev–Trinajstić information content (AvgIpc) is 3.14. The third-order valence-corrected chi connectivity index (χ3v) is 4.94. The highest BCUT2D eigenvalue weighted by atomic mass is 32.2. The van der Waals surface area contributed by atoms with E-state index in [9.17, 15) is 4.79 Å². The number of benzene rings is 1. The number of ether oxygens (including phenoxy) is 1. The third-order valence-electron chi connectivity index (χ3n) is 4.08. The Hall–Kier alpha value is -3.13. The van der Waals surface area contributed by atoms with Crippen LogP contribution in [0.3, 0.4) is 0 Å². The molecule has 0 bridgehead atoms. The van der Waals surface area contributed by atoms with Gasteiger partial charge in [0, 0.05) is 18.0 Å². The van der Waals surface area contributed by atoms with Crippen molar-refractivity contribution < 1.29 is 9.15 Å². The smallest absolute Gasteiger partial charge is 0.277 e. The fraction of sp³-hybridized carbons (Fsp3) is 0.200. The topological polar surface area (TPSA) is 82.5 Å². The third kappa shape index (κ3) is 4.07. The summed E-state index contributed by atoms with van der Waals surface area (Å²) in [5, 5.41) is 8.43. The van der Waals surface area contributed by atoms with Crippen molar-refractivity contribution in [3.05, 3.63) is 81.7 Å². The van der Waals surface area contributed by atoms with Crippen LogP contribution < -0.4 is 10.3 Å². The van der Waals surface area contributed by atoms with Crippen molar-refractivity contribution in [2.24, 2.45) is 0 Å². The number of nitrogens with zero attached hydrogens (tertiary/aromatic N) is 4. The molecule has 3 aromatic heterocycles. The molecule has 4 rings (SSSR count). The number of rotatable bonds is 6. The van der Waals surface area contributed by atoms with E-state index >= 15 is 0 Å². The van der Waals surface area contributed by atoms with Gasteiger partial charge < -0.3 is 9.15 Å². The lowest BCUT2D eigenvalue weighted by molar-refractivity contribution is 0.252. The molecule has 142 valence electrons. The quantitative estimate of drug-likeness (QED) is 0.462. The summed E-state index contributed by atoms with van der Waals surface area (Å²) in [4.78, 5) is 16.8. The predicted molar refractivity (Wildman–Crippen MR) is 106 cm³/mol. The van der Waals surface area contributed by atoms with Crippen LogP contribution in [0.4, 0.5) is 0 Å². The van der Waals surface area contributed by atoms with E-state index in [1.807, 2.05) is 50.2 Å². The first-order valence-electron chi connectivity index (χ1n) is 8.71. The molecule has 0 aliphatic heterocycles. The molecular formula is C20H18N4O3S. The number of hydrogen-bond donors (Lipinski definition) is 0. The maximum atomic E-state index is 12.3. The molecule has 8 heteroatoms. The minimum atomic E-state index is -0.109. The van der Waals surface area contributed by atoms with Crippen LogP contribution in [0.1, 0.15) is 22.7 Å². The van der Waals surface area contributed by atoms with Crippen LogP contribution in [0, 0.1) is 13.8 Å². The highest BCUT2D eigenvalue weighted by Crippen LogP contribution is 2.21. The number of thioether (sulfide) groups is 1. The highest BCUT2D eigenvalue weighted by molar-refractivity contribution is 7.98. The number of pyridine rings is 1. The average molecular weight is 394 g/mol. The summed E-state index contributed by atoms with van der Waals surface area (Å²) in [5.74, 6) is 1.61. The number of fused-ring (bicyclic) bond motifs is 1. The minimum absolute atomic E-state index is 0.109. The minimum Gasteiger partial charge on any atom is -0.484 e. The van der Waals surface area contributed by atoms with Crippen LogP contribution in [0.25, 0.3) is 5.65 Å². The van der Waals surface area contributed by atoms with Crippen LogP contribution in [0.2, 0.25) is 0 Å². The second kappa shape index (κ2) is 7.85. The van der Waals surface area contributed by atoms with E-state index in [2.05, 4.69) is 15.2 Å². The Morgan fingerprint density at radius 2 is 2.04 bits per heavy atom. The van der Waals surface area contributed by atoms with Crippen molar-refractivity contribution in [2.45, 2.75) is 31.4 Å². The van der Waals surface area contributed by atoms with Crippen LogP contribution in [0.5, 0.6) is 5.75 Å². The molecule has 0 aliphatic rings. The molecule has 7 nitrogen and oxygen atoms in total. The SMILES string of the molecule is Cc1cccc(OCc2nnc(SCc3cc(=O)n4cccc(C)c4n3)o2)c1. The lowest BCUT2D eigenvalue weighted by atomic mass is 10.2. The molecule has 0 saturated carbocycles. The van der Waals surface area contributed by atoms with Gasteiger partial charge in [-0.1, -0.05) is 30.0 Å². The second-order valence-corrected chi connectivity index (χ2v) is 7.25. The molecule has 0 saturated heterocycles. The van der Waals surface area contributed by atoms with Crippen LogP contribution in [-0.4, -0.2) is 19.6 Å². The Bertz CT molecular complexity index is 1190. The molecule has 0 radical (unpaired) electrons. The fourth-order valence-electron chi connectivity index (χ4n) is 2.72. The molecule has 0 aliphatic carbocycles. The van der Waals surface area contributed by atoms with Crippen LogP contribution in [-0.2, 0) is 12.4 Å². The second-order valence-electron chi connectivity index (χ2n) is 6.33. The number of aryl methyl sites for hydroxylation is 2. The summed E-state index contributed by atoms with van der Waals surface area (Å²) in [7, 11) is 0. The Morgan fingerprint density at radius 1 is 1.14 bits per heavy atom. The van der Waals surface area contributed by atoms with E-state index in [0.717, 1.165) is 16.9 Å². The first-order valence-corrected chi connectivity index (χ1v) is 9.69.